The predicted molar refractivity (Wildman–Crippen MR) is 80.4 cm³/mol. The highest BCUT2D eigenvalue weighted by Crippen LogP contribution is 2.10. The van der Waals surface area contributed by atoms with E-state index in [2.05, 4.69) is 23.8 Å². The van der Waals surface area contributed by atoms with E-state index in [-0.39, 0.29) is 5.91 Å². The lowest BCUT2D eigenvalue weighted by Gasteiger charge is -2.20. The van der Waals surface area contributed by atoms with Gasteiger partial charge in [0, 0.05) is 30.8 Å². The molecule has 0 aliphatic carbocycles. The molecule has 1 aromatic carbocycles. The molecule has 4 nitrogen and oxygen atoms in total. The molecule has 2 N–H and O–H groups in total. The van der Waals surface area contributed by atoms with E-state index in [1.807, 2.05) is 29.2 Å². The van der Waals surface area contributed by atoms with E-state index in [1.54, 1.807) is 0 Å². The van der Waals surface area contributed by atoms with Gasteiger partial charge in [0.2, 0.25) is 0 Å². The quantitative estimate of drug-likeness (QED) is 0.768. The second-order valence-electron chi connectivity index (χ2n) is 5.03. The van der Waals surface area contributed by atoms with Crippen molar-refractivity contribution in [3.63, 3.8) is 0 Å². The minimum atomic E-state index is 0.110. The summed E-state index contributed by atoms with van der Waals surface area (Å²) in [5, 5.41) is 0. The van der Waals surface area contributed by atoms with Crippen LogP contribution in [0, 0.1) is 11.8 Å². The molecule has 20 heavy (non-hydrogen) atoms. The Morgan fingerprint density at radius 2 is 1.95 bits per heavy atom. The fourth-order valence-electron chi connectivity index (χ4n) is 2.28. The van der Waals surface area contributed by atoms with Gasteiger partial charge in [-0.25, -0.2) is 0 Å². The van der Waals surface area contributed by atoms with E-state index in [4.69, 9.17) is 5.73 Å². The van der Waals surface area contributed by atoms with Crippen molar-refractivity contribution in [3.05, 3.63) is 35.4 Å². The van der Waals surface area contributed by atoms with Gasteiger partial charge in [0.05, 0.1) is 6.54 Å². The Kier molecular flexibility index (Phi) is 5.16. The lowest BCUT2D eigenvalue weighted by atomic mass is 10.1. The first-order valence-electron chi connectivity index (χ1n) is 6.97. The van der Waals surface area contributed by atoms with Crippen LogP contribution in [0.15, 0.2) is 24.3 Å². The summed E-state index contributed by atoms with van der Waals surface area (Å²) in [5.41, 5.74) is 6.96. The van der Waals surface area contributed by atoms with Crippen LogP contribution in [-0.4, -0.2) is 55.5 Å². The van der Waals surface area contributed by atoms with Gasteiger partial charge < -0.3 is 15.5 Å². The van der Waals surface area contributed by atoms with Crippen LogP contribution in [0.2, 0.25) is 0 Å². The lowest BCUT2D eigenvalue weighted by Crippen LogP contribution is -2.34. The summed E-state index contributed by atoms with van der Waals surface area (Å²) >= 11 is 0. The summed E-state index contributed by atoms with van der Waals surface area (Å²) in [6.07, 6.45) is 1.03. The van der Waals surface area contributed by atoms with Gasteiger partial charge >= 0.3 is 0 Å². The Hall–Kier alpha value is -1.83. The molecule has 0 bridgehead atoms. The molecule has 4 heteroatoms. The van der Waals surface area contributed by atoms with E-state index in [0.29, 0.717) is 6.54 Å². The van der Waals surface area contributed by atoms with Crippen molar-refractivity contribution < 1.29 is 4.79 Å². The van der Waals surface area contributed by atoms with Crippen molar-refractivity contribution in [2.24, 2.45) is 5.73 Å². The van der Waals surface area contributed by atoms with Gasteiger partial charge in [0.25, 0.3) is 5.91 Å². The summed E-state index contributed by atoms with van der Waals surface area (Å²) < 4.78 is 0. The van der Waals surface area contributed by atoms with Crippen LogP contribution < -0.4 is 5.73 Å². The zero-order valence-electron chi connectivity index (χ0n) is 11.9. The topological polar surface area (TPSA) is 49.6 Å². The van der Waals surface area contributed by atoms with Crippen molar-refractivity contribution in [2.75, 3.05) is 39.8 Å². The molecule has 106 valence electrons. The predicted octanol–water partition coefficient (Wildman–Crippen LogP) is 0.775. The first-order chi connectivity index (χ1) is 9.70. The normalized spacial score (nSPS) is 16.2. The fraction of sp³-hybridized carbons (Fsp3) is 0.438. The third-order valence-electron chi connectivity index (χ3n) is 3.47. The van der Waals surface area contributed by atoms with Crippen LogP contribution in [0.3, 0.4) is 0 Å². The number of carbonyl (C=O) groups is 1. The van der Waals surface area contributed by atoms with Crippen LogP contribution in [0.25, 0.3) is 0 Å². The van der Waals surface area contributed by atoms with Crippen molar-refractivity contribution >= 4 is 5.91 Å². The number of amides is 1. The molecular weight excluding hydrogens is 250 g/mol. The standard InChI is InChI=1S/C16H21N3O/c1-18-10-3-11-19(13-12-18)16(20)15-7-5-14(6-8-15)4-2-9-17/h5-8H,3,9-13,17H2,1H3. The number of likely N-dealkylation sites (N-methyl/N-ethyl adjacent to an activating group) is 1. The first kappa shape index (κ1) is 14.6. The van der Waals surface area contributed by atoms with Crippen LogP contribution in [-0.2, 0) is 0 Å². The van der Waals surface area contributed by atoms with Gasteiger partial charge in [-0.1, -0.05) is 11.8 Å². The van der Waals surface area contributed by atoms with Crippen LogP contribution in [0.4, 0.5) is 0 Å². The first-order valence-corrected chi connectivity index (χ1v) is 6.97. The number of rotatable bonds is 1. The maximum atomic E-state index is 12.4. The number of benzene rings is 1. The van der Waals surface area contributed by atoms with E-state index >= 15 is 0 Å². The molecule has 0 atom stereocenters. The minimum absolute atomic E-state index is 0.110. The van der Waals surface area contributed by atoms with E-state index in [9.17, 15) is 4.79 Å². The average Bonchev–Trinajstić information content (AvgIpc) is 2.70. The van der Waals surface area contributed by atoms with Crippen molar-refractivity contribution in [3.8, 4) is 11.8 Å². The number of nitrogens with two attached hydrogens (primary N) is 1. The SMILES string of the molecule is CN1CCCN(C(=O)c2ccc(C#CCN)cc2)CC1. The Labute approximate surface area is 120 Å². The second-order valence-corrected chi connectivity index (χ2v) is 5.03. The summed E-state index contributed by atoms with van der Waals surface area (Å²) in [7, 11) is 2.10. The molecule has 1 amide bonds. The number of hydrogen-bond donors (Lipinski definition) is 1. The Morgan fingerprint density at radius 1 is 1.20 bits per heavy atom. The molecule has 0 unspecified atom stereocenters. The molecule has 0 saturated carbocycles. The fourth-order valence-corrected chi connectivity index (χ4v) is 2.28. The summed E-state index contributed by atoms with van der Waals surface area (Å²) in [4.78, 5) is 16.6. The highest BCUT2D eigenvalue weighted by atomic mass is 16.2. The highest BCUT2D eigenvalue weighted by Gasteiger charge is 2.18. The van der Waals surface area contributed by atoms with E-state index in [1.165, 1.54) is 0 Å². The van der Waals surface area contributed by atoms with Crippen molar-refractivity contribution in [1.29, 1.82) is 0 Å². The minimum Gasteiger partial charge on any atom is -0.337 e. The second kappa shape index (κ2) is 7.09. The monoisotopic (exact) mass is 271 g/mol. The maximum absolute atomic E-state index is 12.4. The smallest absolute Gasteiger partial charge is 0.253 e. The summed E-state index contributed by atoms with van der Waals surface area (Å²) in [5.74, 6) is 5.88. The van der Waals surface area contributed by atoms with Gasteiger partial charge in [-0.15, -0.1) is 0 Å². The number of nitrogens with zero attached hydrogens (tertiary/aromatic N) is 2. The van der Waals surface area contributed by atoms with Gasteiger partial charge in [-0.3, -0.25) is 4.79 Å². The Morgan fingerprint density at radius 3 is 2.65 bits per heavy atom. The van der Waals surface area contributed by atoms with Crippen LogP contribution >= 0.6 is 0 Å². The van der Waals surface area contributed by atoms with Gasteiger partial charge in [-0.05, 0) is 44.3 Å². The molecule has 1 fully saturated rings. The van der Waals surface area contributed by atoms with Gasteiger partial charge in [-0.2, -0.15) is 0 Å². The molecule has 1 aliphatic heterocycles. The highest BCUT2D eigenvalue weighted by molar-refractivity contribution is 5.94. The number of carbonyl (C=O) groups excluding carboxylic acids is 1. The van der Waals surface area contributed by atoms with Crippen molar-refractivity contribution in [1.82, 2.24) is 9.80 Å². The summed E-state index contributed by atoms with van der Waals surface area (Å²) in [6, 6.07) is 7.44. The summed E-state index contributed by atoms with van der Waals surface area (Å²) in [6.45, 7) is 3.97. The molecule has 1 aliphatic rings. The number of hydrogen-bond acceptors (Lipinski definition) is 3. The largest absolute Gasteiger partial charge is 0.337 e. The molecular formula is C16H21N3O. The molecule has 0 spiro atoms. The Bertz CT molecular complexity index is 513. The van der Waals surface area contributed by atoms with E-state index < -0.39 is 0 Å². The molecule has 1 aromatic rings. The zero-order valence-corrected chi connectivity index (χ0v) is 11.9. The van der Waals surface area contributed by atoms with E-state index in [0.717, 1.165) is 43.7 Å². The Balaban J connectivity index is 2.05. The van der Waals surface area contributed by atoms with Gasteiger partial charge in [0.15, 0.2) is 0 Å². The zero-order chi connectivity index (χ0) is 14.4. The average molecular weight is 271 g/mol. The molecule has 0 aromatic heterocycles. The van der Waals surface area contributed by atoms with Crippen LogP contribution in [0.5, 0.6) is 0 Å². The van der Waals surface area contributed by atoms with Crippen molar-refractivity contribution in [2.45, 2.75) is 6.42 Å². The molecule has 0 radical (unpaired) electrons. The maximum Gasteiger partial charge on any atom is 0.253 e. The third-order valence-corrected chi connectivity index (χ3v) is 3.47. The van der Waals surface area contributed by atoms with Gasteiger partial charge in [0.1, 0.15) is 0 Å². The lowest BCUT2D eigenvalue weighted by molar-refractivity contribution is 0.0763. The molecule has 1 saturated heterocycles. The molecule has 2 rings (SSSR count). The van der Waals surface area contributed by atoms with Crippen LogP contribution in [0.1, 0.15) is 22.3 Å². The third kappa shape index (κ3) is 3.83. The molecule has 1 heterocycles.